The molecule has 0 aromatic carbocycles. The zero-order valence-corrected chi connectivity index (χ0v) is 11.2. The Morgan fingerprint density at radius 1 is 1.22 bits per heavy atom. The summed E-state index contributed by atoms with van der Waals surface area (Å²) in [5, 5.41) is 0. The molecular formula is C12H20N6. The third-order valence-electron chi connectivity index (χ3n) is 2.86. The van der Waals surface area contributed by atoms with Gasteiger partial charge in [0.05, 0.1) is 6.33 Å². The highest BCUT2D eigenvalue weighted by Gasteiger charge is 2.13. The van der Waals surface area contributed by atoms with E-state index in [1.165, 1.54) is 0 Å². The van der Waals surface area contributed by atoms with Crippen molar-refractivity contribution in [1.82, 2.24) is 19.5 Å². The molecule has 2 rings (SSSR count). The second-order valence-electron chi connectivity index (χ2n) is 4.42. The van der Waals surface area contributed by atoms with Crippen LogP contribution in [-0.2, 0) is 7.05 Å². The average Bonchev–Trinajstić information content (AvgIpc) is 2.71. The van der Waals surface area contributed by atoms with E-state index in [0.29, 0.717) is 17.4 Å². The number of aromatic nitrogens is 4. The van der Waals surface area contributed by atoms with Crippen LogP contribution in [-0.4, -0.2) is 32.6 Å². The number of anilines is 2. The maximum atomic E-state index is 5.99. The number of imidazole rings is 1. The summed E-state index contributed by atoms with van der Waals surface area (Å²) < 4.78 is 1.85. The SMILES string of the molecule is CCCN(CCC)c1nc(N)c2c(ncn2C)n1. The lowest BCUT2D eigenvalue weighted by molar-refractivity contribution is 0.723. The van der Waals surface area contributed by atoms with Crippen LogP contribution in [0.25, 0.3) is 11.2 Å². The van der Waals surface area contributed by atoms with Gasteiger partial charge in [-0.2, -0.15) is 9.97 Å². The molecule has 0 aliphatic heterocycles. The van der Waals surface area contributed by atoms with Crippen molar-refractivity contribution in [2.24, 2.45) is 7.05 Å². The summed E-state index contributed by atoms with van der Waals surface area (Å²) in [6.45, 7) is 6.16. The molecule has 0 aliphatic rings. The minimum absolute atomic E-state index is 0.493. The number of hydrogen-bond donors (Lipinski definition) is 1. The standard InChI is InChI=1S/C12H20N6/c1-4-6-18(7-5-2)12-15-10(13)9-11(16-12)14-8-17(9)3/h8H,4-7H2,1-3H3,(H2,13,15,16). The molecule has 0 radical (unpaired) electrons. The molecule has 6 heteroatoms. The number of nitrogens with two attached hydrogens (primary N) is 1. The highest BCUT2D eigenvalue weighted by molar-refractivity contribution is 5.83. The molecule has 2 aromatic heterocycles. The first-order valence-corrected chi connectivity index (χ1v) is 6.36. The van der Waals surface area contributed by atoms with Crippen LogP contribution in [0.2, 0.25) is 0 Å². The maximum absolute atomic E-state index is 5.99. The zero-order chi connectivity index (χ0) is 13.1. The van der Waals surface area contributed by atoms with Gasteiger partial charge in [0, 0.05) is 20.1 Å². The van der Waals surface area contributed by atoms with Gasteiger partial charge in [-0.1, -0.05) is 13.8 Å². The largest absolute Gasteiger partial charge is 0.382 e. The van der Waals surface area contributed by atoms with E-state index in [0.717, 1.165) is 31.4 Å². The molecule has 0 bridgehead atoms. The molecule has 2 aromatic rings. The third kappa shape index (κ3) is 2.23. The summed E-state index contributed by atoms with van der Waals surface area (Å²) in [6, 6.07) is 0. The van der Waals surface area contributed by atoms with E-state index in [-0.39, 0.29) is 0 Å². The second-order valence-corrected chi connectivity index (χ2v) is 4.42. The van der Waals surface area contributed by atoms with Crippen molar-refractivity contribution in [3.8, 4) is 0 Å². The van der Waals surface area contributed by atoms with Gasteiger partial charge in [0.15, 0.2) is 11.5 Å². The quantitative estimate of drug-likeness (QED) is 0.869. The van der Waals surface area contributed by atoms with Crippen LogP contribution in [0, 0.1) is 0 Å². The first-order valence-electron chi connectivity index (χ1n) is 6.36. The van der Waals surface area contributed by atoms with E-state index >= 15 is 0 Å². The molecule has 0 fully saturated rings. The predicted molar refractivity (Wildman–Crippen MR) is 73.5 cm³/mol. The molecular weight excluding hydrogens is 228 g/mol. The highest BCUT2D eigenvalue weighted by Crippen LogP contribution is 2.20. The van der Waals surface area contributed by atoms with E-state index in [9.17, 15) is 0 Å². The maximum Gasteiger partial charge on any atom is 0.229 e. The molecule has 6 nitrogen and oxygen atoms in total. The van der Waals surface area contributed by atoms with Crippen molar-refractivity contribution >= 4 is 22.9 Å². The van der Waals surface area contributed by atoms with Crippen molar-refractivity contribution in [1.29, 1.82) is 0 Å². The number of nitrogen functional groups attached to an aromatic ring is 1. The minimum atomic E-state index is 0.493. The Kier molecular flexibility index (Phi) is 3.64. The molecule has 0 saturated heterocycles. The van der Waals surface area contributed by atoms with Crippen molar-refractivity contribution in [3.63, 3.8) is 0 Å². The van der Waals surface area contributed by atoms with Crippen LogP contribution in [0.4, 0.5) is 11.8 Å². The van der Waals surface area contributed by atoms with Crippen molar-refractivity contribution in [2.75, 3.05) is 23.7 Å². The van der Waals surface area contributed by atoms with Gasteiger partial charge in [-0.25, -0.2) is 4.98 Å². The summed E-state index contributed by atoms with van der Waals surface area (Å²) in [5.41, 5.74) is 7.46. The number of rotatable bonds is 5. The van der Waals surface area contributed by atoms with Gasteiger partial charge in [-0.05, 0) is 12.8 Å². The van der Waals surface area contributed by atoms with Gasteiger partial charge in [-0.3, -0.25) is 0 Å². The molecule has 0 unspecified atom stereocenters. The van der Waals surface area contributed by atoms with E-state index < -0.39 is 0 Å². The fraction of sp³-hybridized carbons (Fsp3) is 0.583. The summed E-state index contributed by atoms with van der Waals surface area (Å²) >= 11 is 0. The third-order valence-corrected chi connectivity index (χ3v) is 2.86. The Morgan fingerprint density at radius 2 is 1.89 bits per heavy atom. The summed E-state index contributed by atoms with van der Waals surface area (Å²) in [6.07, 6.45) is 3.83. The summed E-state index contributed by atoms with van der Waals surface area (Å²) in [5.74, 6) is 1.18. The van der Waals surface area contributed by atoms with Gasteiger partial charge in [-0.15, -0.1) is 0 Å². The van der Waals surface area contributed by atoms with Gasteiger partial charge >= 0.3 is 0 Å². The fourth-order valence-corrected chi connectivity index (χ4v) is 2.07. The molecule has 0 spiro atoms. The van der Waals surface area contributed by atoms with Crippen LogP contribution in [0.15, 0.2) is 6.33 Å². The second kappa shape index (κ2) is 5.20. The molecule has 2 heterocycles. The van der Waals surface area contributed by atoms with E-state index in [2.05, 4.69) is 33.7 Å². The predicted octanol–water partition coefficient (Wildman–Crippen LogP) is 1.57. The average molecular weight is 248 g/mol. The molecule has 0 atom stereocenters. The van der Waals surface area contributed by atoms with Crippen LogP contribution in [0.3, 0.4) is 0 Å². The van der Waals surface area contributed by atoms with Crippen LogP contribution < -0.4 is 10.6 Å². The Hall–Kier alpha value is -1.85. The van der Waals surface area contributed by atoms with Crippen molar-refractivity contribution in [2.45, 2.75) is 26.7 Å². The fourth-order valence-electron chi connectivity index (χ4n) is 2.07. The van der Waals surface area contributed by atoms with E-state index in [1.807, 2.05) is 11.6 Å². The minimum Gasteiger partial charge on any atom is -0.382 e. The lowest BCUT2D eigenvalue weighted by Crippen LogP contribution is -2.27. The molecule has 18 heavy (non-hydrogen) atoms. The van der Waals surface area contributed by atoms with Crippen LogP contribution in [0.1, 0.15) is 26.7 Å². The van der Waals surface area contributed by atoms with Crippen LogP contribution >= 0.6 is 0 Å². The van der Waals surface area contributed by atoms with E-state index in [4.69, 9.17) is 5.73 Å². The molecule has 0 aliphatic carbocycles. The number of fused-ring (bicyclic) bond motifs is 1. The van der Waals surface area contributed by atoms with E-state index in [1.54, 1.807) is 6.33 Å². The van der Waals surface area contributed by atoms with Crippen LogP contribution in [0.5, 0.6) is 0 Å². The summed E-state index contributed by atoms with van der Waals surface area (Å²) in [4.78, 5) is 15.3. The first kappa shape index (κ1) is 12.6. The molecule has 2 N–H and O–H groups in total. The number of aryl methyl sites for hydroxylation is 1. The van der Waals surface area contributed by atoms with Gasteiger partial charge in [0.25, 0.3) is 0 Å². The Morgan fingerprint density at radius 3 is 2.50 bits per heavy atom. The molecule has 0 amide bonds. The van der Waals surface area contributed by atoms with Gasteiger partial charge in [0.1, 0.15) is 5.52 Å². The Balaban J connectivity index is 2.44. The summed E-state index contributed by atoms with van der Waals surface area (Å²) in [7, 11) is 1.89. The lowest BCUT2D eigenvalue weighted by atomic mass is 10.3. The normalized spacial score (nSPS) is 11.1. The number of hydrogen-bond acceptors (Lipinski definition) is 5. The Bertz CT molecular complexity index is 527. The molecule has 98 valence electrons. The van der Waals surface area contributed by atoms with Crippen molar-refractivity contribution in [3.05, 3.63) is 6.33 Å². The van der Waals surface area contributed by atoms with Gasteiger partial charge < -0.3 is 15.2 Å². The van der Waals surface area contributed by atoms with Crippen molar-refractivity contribution < 1.29 is 0 Å². The Labute approximate surface area is 107 Å². The monoisotopic (exact) mass is 248 g/mol. The molecule has 0 saturated carbocycles. The lowest BCUT2D eigenvalue weighted by Gasteiger charge is -2.21. The highest BCUT2D eigenvalue weighted by atomic mass is 15.3. The topological polar surface area (TPSA) is 72.9 Å². The van der Waals surface area contributed by atoms with Gasteiger partial charge in [0.2, 0.25) is 5.95 Å². The number of nitrogens with zero attached hydrogens (tertiary/aromatic N) is 5. The smallest absolute Gasteiger partial charge is 0.229 e. The first-order chi connectivity index (χ1) is 8.67. The zero-order valence-electron chi connectivity index (χ0n) is 11.2.